The third-order valence-electron chi connectivity index (χ3n) is 5.92. The van der Waals surface area contributed by atoms with Crippen molar-refractivity contribution in [3.05, 3.63) is 88.4 Å². The van der Waals surface area contributed by atoms with Crippen LogP contribution in [0.15, 0.2) is 77.7 Å². The summed E-state index contributed by atoms with van der Waals surface area (Å²) in [6.45, 7) is 4.61. The molecular weight excluding hydrogens is 561 g/mol. The minimum Gasteiger partial charge on any atom is -0.497 e. The number of benzene rings is 3. The SMILES string of the molecule is COc1ccc(N(CC(=O)N(Cc2ccc(Cl)cc2Cl)[C@@H](C)C(=O)NC(C)C)S(=O)(=O)c2ccccc2)cc1. The first-order valence-electron chi connectivity index (χ1n) is 12.2. The Morgan fingerprint density at radius 3 is 2.15 bits per heavy atom. The molecule has 0 radical (unpaired) electrons. The molecule has 0 saturated heterocycles. The molecule has 0 aliphatic rings. The first-order valence-corrected chi connectivity index (χ1v) is 14.4. The van der Waals surface area contributed by atoms with Crippen molar-refractivity contribution in [3.63, 3.8) is 0 Å². The molecule has 1 atom stereocenters. The highest BCUT2D eigenvalue weighted by Gasteiger charge is 2.33. The van der Waals surface area contributed by atoms with Crippen LogP contribution >= 0.6 is 23.2 Å². The zero-order chi connectivity index (χ0) is 28.7. The van der Waals surface area contributed by atoms with Crippen molar-refractivity contribution in [1.29, 1.82) is 0 Å². The summed E-state index contributed by atoms with van der Waals surface area (Å²) < 4.78 is 33.7. The van der Waals surface area contributed by atoms with E-state index in [2.05, 4.69) is 5.32 Å². The fraction of sp³-hybridized carbons (Fsp3) is 0.286. The molecule has 3 rings (SSSR count). The number of carbonyl (C=O) groups is 2. The number of nitrogens with zero attached hydrogens (tertiary/aromatic N) is 2. The molecular formula is C28H31Cl2N3O5S. The van der Waals surface area contributed by atoms with E-state index in [1.165, 1.54) is 24.1 Å². The van der Waals surface area contributed by atoms with Crippen molar-refractivity contribution in [1.82, 2.24) is 10.2 Å². The van der Waals surface area contributed by atoms with Crippen molar-refractivity contribution < 1.29 is 22.7 Å². The first-order chi connectivity index (χ1) is 18.4. The van der Waals surface area contributed by atoms with Crippen molar-refractivity contribution in [2.75, 3.05) is 18.0 Å². The number of ether oxygens (including phenoxy) is 1. The molecule has 3 aromatic carbocycles. The summed E-state index contributed by atoms with van der Waals surface area (Å²) in [6.07, 6.45) is 0. The van der Waals surface area contributed by atoms with Crippen LogP contribution in [0.1, 0.15) is 26.3 Å². The molecule has 39 heavy (non-hydrogen) atoms. The molecule has 8 nitrogen and oxygen atoms in total. The number of hydrogen-bond donors (Lipinski definition) is 1. The third-order valence-corrected chi connectivity index (χ3v) is 8.30. The first kappa shape index (κ1) is 30.3. The maximum Gasteiger partial charge on any atom is 0.264 e. The van der Waals surface area contributed by atoms with Gasteiger partial charge in [-0.05, 0) is 74.9 Å². The van der Waals surface area contributed by atoms with Gasteiger partial charge < -0.3 is 15.0 Å². The average molecular weight is 593 g/mol. The summed E-state index contributed by atoms with van der Waals surface area (Å²) in [5.41, 5.74) is 0.817. The van der Waals surface area contributed by atoms with E-state index >= 15 is 0 Å². The van der Waals surface area contributed by atoms with Gasteiger partial charge in [0, 0.05) is 22.6 Å². The second-order valence-corrected chi connectivity index (χ2v) is 11.8. The van der Waals surface area contributed by atoms with Crippen molar-refractivity contribution in [3.8, 4) is 5.75 Å². The maximum atomic E-state index is 13.9. The highest BCUT2D eigenvalue weighted by atomic mass is 35.5. The van der Waals surface area contributed by atoms with Crippen LogP contribution in [0.2, 0.25) is 10.0 Å². The standard InChI is InChI=1S/C28H31Cl2N3O5S/c1-19(2)31-28(35)20(3)32(17-21-10-11-22(29)16-26(21)30)27(34)18-33(23-12-14-24(38-4)15-13-23)39(36,37)25-8-6-5-7-9-25/h5-16,19-20H,17-18H2,1-4H3,(H,31,35)/t20-/m0/s1. The summed E-state index contributed by atoms with van der Waals surface area (Å²) >= 11 is 12.4. The zero-order valence-electron chi connectivity index (χ0n) is 22.1. The highest BCUT2D eigenvalue weighted by Crippen LogP contribution is 2.27. The van der Waals surface area contributed by atoms with Gasteiger partial charge in [-0.15, -0.1) is 0 Å². The molecule has 0 bridgehead atoms. The third kappa shape index (κ3) is 7.65. The van der Waals surface area contributed by atoms with Gasteiger partial charge in [0.1, 0.15) is 18.3 Å². The topological polar surface area (TPSA) is 96.0 Å². The van der Waals surface area contributed by atoms with E-state index in [4.69, 9.17) is 27.9 Å². The van der Waals surface area contributed by atoms with Crippen LogP contribution in [0.4, 0.5) is 5.69 Å². The molecule has 0 aliphatic carbocycles. The average Bonchev–Trinajstić information content (AvgIpc) is 2.91. The number of rotatable bonds is 11. The fourth-order valence-corrected chi connectivity index (χ4v) is 5.72. The predicted octanol–water partition coefficient (Wildman–Crippen LogP) is 5.14. The maximum absolute atomic E-state index is 13.9. The van der Waals surface area contributed by atoms with Crippen LogP contribution in [0.3, 0.4) is 0 Å². The van der Waals surface area contributed by atoms with Crippen LogP contribution in [0.25, 0.3) is 0 Å². The molecule has 1 N–H and O–H groups in total. The number of amides is 2. The lowest BCUT2D eigenvalue weighted by molar-refractivity contribution is -0.139. The number of carbonyl (C=O) groups excluding carboxylic acids is 2. The monoisotopic (exact) mass is 591 g/mol. The number of sulfonamides is 1. The van der Waals surface area contributed by atoms with Gasteiger partial charge in [0.25, 0.3) is 10.0 Å². The van der Waals surface area contributed by atoms with Crippen LogP contribution in [-0.2, 0) is 26.2 Å². The Morgan fingerprint density at radius 1 is 0.949 bits per heavy atom. The Kier molecular flexibility index (Phi) is 10.2. The Hall–Kier alpha value is -3.27. The van der Waals surface area contributed by atoms with Crippen molar-refractivity contribution in [2.45, 2.75) is 44.3 Å². The lowest BCUT2D eigenvalue weighted by atomic mass is 10.1. The number of anilines is 1. The van der Waals surface area contributed by atoms with E-state index < -0.39 is 28.5 Å². The summed E-state index contributed by atoms with van der Waals surface area (Å²) in [5.74, 6) is -0.451. The minimum atomic E-state index is -4.15. The Bertz CT molecular complexity index is 1400. The number of methoxy groups -OCH3 is 1. The Morgan fingerprint density at radius 2 is 1.59 bits per heavy atom. The Balaban J connectivity index is 2.04. The molecule has 0 saturated carbocycles. The summed E-state index contributed by atoms with van der Waals surface area (Å²) in [4.78, 5) is 28.2. The second-order valence-electron chi connectivity index (χ2n) is 9.12. The van der Waals surface area contributed by atoms with E-state index in [0.29, 0.717) is 21.4 Å². The minimum absolute atomic E-state index is 0.0199. The van der Waals surface area contributed by atoms with E-state index in [9.17, 15) is 18.0 Å². The molecule has 0 aliphatic heterocycles. The quantitative estimate of drug-likeness (QED) is 0.333. The highest BCUT2D eigenvalue weighted by molar-refractivity contribution is 7.92. The predicted molar refractivity (Wildman–Crippen MR) is 154 cm³/mol. The second kappa shape index (κ2) is 13.2. The van der Waals surface area contributed by atoms with Crippen molar-refractivity contribution in [2.24, 2.45) is 0 Å². The normalized spacial score (nSPS) is 12.1. The molecule has 0 heterocycles. The van der Waals surface area contributed by atoms with Gasteiger partial charge >= 0.3 is 0 Å². The number of halogens is 2. The molecule has 3 aromatic rings. The smallest absolute Gasteiger partial charge is 0.264 e. The van der Waals surface area contributed by atoms with Crippen LogP contribution in [0, 0.1) is 0 Å². The van der Waals surface area contributed by atoms with E-state index in [1.807, 2.05) is 13.8 Å². The lowest BCUT2D eigenvalue weighted by Gasteiger charge is -2.32. The summed E-state index contributed by atoms with van der Waals surface area (Å²) in [6, 6.07) is 17.9. The van der Waals surface area contributed by atoms with Crippen LogP contribution in [-0.4, -0.2) is 50.9 Å². The Labute approximate surface area is 239 Å². The van der Waals surface area contributed by atoms with Crippen LogP contribution < -0.4 is 14.4 Å². The molecule has 0 unspecified atom stereocenters. The molecule has 11 heteroatoms. The largest absolute Gasteiger partial charge is 0.497 e. The van der Waals surface area contributed by atoms with Crippen LogP contribution in [0.5, 0.6) is 5.75 Å². The zero-order valence-corrected chi connectivity index (χ0v) is 24.4. The fourth-order valence-electron chi connectivity index (χ4n) is 3.82. The van der Waals surface area contributed by atoms with E-state index in [1.54, 1.807) is 67.6 Å². The van der Waals surface area contributed by atoms with E-state index in [0.717, 1.165) is 4.31 Å². The lowest BCUT2D eigenvalue weighted by Crippen LogP contribution is -2.52. The van der Waals surface area contributed by atoms with Gasteiger partial charge in [-0.1, -0.05) is 47.5 Å². The van der Waals surface area contributed by atoms with Crippen molar-refractivity contribution >= 4 is 50.7 Å². The van der Waals surface area contributed by atoms with E-state index in [-0.39, 0.29) is 29.1 Å². The van der Waals surface area contributed by atoms with Gasteiger partial charge in [-0.2, -0.15) is 0 Å². The summed E-state index contributed by atoms with van der Waals surface area (Å²) in [5, 5.41) is 3.55. The number of nitrogens with one attached hydrogen (secondary N) is 1. The van der Waals surface area contributed by atoms with Gasteiger partial charge in [0.05, 0.1) is 17.7 Å². The van der Waals surface area contributed by atoms with Gasteiger partial charge in [0.15, 0.2) is 0 Å². The molecule has 2 amide bonds. The van der Waals surface area contributed by atoms with Gasteiger partial charge in [-0.3, -0.25) is 13.9 Å². The summed E-state index contributed by atoms with van der Waals surface area (Å²) in [7, 11) is -2.65. The number of hydrogen-bond acceptors (Lipinski definition) is 5. The molecule has 0 fully saturated rings. The van der Waals surface area contributed by atoms with Gasteiger partial charge in [0.2, 0.25) is 11.8 Å². The molecule has 0 aromatic heterocycles. The molecule has 0 spiro atoms. The van der Waals surface area contributed by atoms with Gasteiger partial charge in [-0.25, -0.2) is 8.42 Å². The molecule has 208 valence electrons.